The van der Waals surface area contributed by atoms with Crippen LogP contribution in [0.1, 0.15) is 95.5 Å². The molecule has 2 aliphatic carbocycles. The third-order valence-corrected chi connectivity index (χ3v) is 8.17. The molecule has 0 saturated heterocycles. The number of fused-ring (bicyclic) bond motifs is 2. The van der Waals surface area contributed by atoms with Gasteiger partial charge in [-0.05, 0) is 117 Å². The second-order valence-electron chi connectivity index (χ2n) is 10.4. The predicted molar refractivity (Wildman–Crippen MR) is 158 cm³/mol. The van der Waals surface area contributed by atoms with Crippen LogP contribution in [-0.2, 0) is 0 Å². The van der Waals surface area contributed by atoms with Gasteiger partial charge in [-0.3, -0.25) is 0 Å². The van der Waals surface area contributed by atoms with E-state index < -0.39 is 0 Å². The van der Waals surface area contributed by atoms with Gasteiger partial charge in [-0.15, -0.1) is 13.2 Å². The second kappa shape index (κ2) is 12.9. The minimum absolute atomic E-state index is 0.444. The van der Waals surface area contributed by atoms with Crippen molar-refractivity contribution in [2.45, 2.75) is 87.0 Å². The highest BCUT2D eigenvalue weighted by atomic mass is 16.3. The molecule has 1 N–H and O–H groups in total. The maximum Gasteiger partial charge on any atom is 0.119 e. The van der Waals surface area contributed by atoms with Gasteiger partial charge >= 0.3 is 0 Å². The van der Waals surface area contributed by atoms with Crippen molar-refractivity contribution in [2.24, 2.45) is 11.8 Å². The molecule has 0 spiro atoms. The molecular formula is C35H48O. The van der Waals surface area contributed by atoms with Crippen LogP contribution in [0.5, 0.6) is 5.75 Å². The van der Waals surface area contributed by atoms with Crippen molar-refractivity contribution in [1.29, 1.82) is 0 Å². The number of rotatable bonds is 1. The predicted octanol–water partition coefficient (Wildman–Crippen LogP) is 10.0. The van der Waals surface area contributed by atoms with Crippen LogP contribution in [0.2, 0.25) is 0 Å². The molecule has 1 saturated carbocycles. The zero-order valence-corrected chi connectivity index (χ0v) is 24.2. The largest absolute Gasteiger partial charge is 0.508 e. The average Bonchev–Trinajstić information content (AvgIpc) is 2.83. The molecule has 3 aromatic rings. The highest BCUT2D eigenvalue weighted by molar-refractivity contribution is 5.51. The Balaban J connectivity index is 0.000000320. The van der Waals surface area contributed by atoms with Crippen LogP contribution in [0.4, 0.5) is 0 Å². The molecule has 2 unspecified atom stereocenters. The van der Waals surface area contributed by atoms with Crippen LogP contribution in [0.15, 0.2) is 61.7 Å². The quantitative estimate of drug-likeness (QED) is 0.341. The van der Waals surface area contributed by atoms with Gasteiger partial charge < -0.3 is 5.11 Å². The second-order valence-corrected chi connectivity index (χ2v) is 10.4. The van der Waals surface area contributed by atoms with Gasteiger partial charge in [0.2, 0.25) is 0 Å². The van der Waals surface area contributed by atoms with E-state index in [9.17, 15) is 5.11 Å². The lowest BCUT2D eigenvalue weighted by Gasteiger charge is -2.51. The maximum atomic E-state index is 10.4. The molecule has 2 aliphatic rings. The SMILES string of the molecule is C=C.CC.Cc1cc2c(cc1C)[C@@H](c1cc(C)c(C)c(O)c1)[C@H]1CCC1C2C.Cc1cccc(C)c1. The van der Waals surface area contributed by atoms with Crippen molar-refractivity contribution >= 4 is 0 Å². The summed E-state index contributed by atoms with van der Waals surface area (Å²) in [5.41, 5.74) is 12.0. The van der Waals surface area contributed by atoms with Crippen molar-refractivity contribution < 1.29 is 5.11 Å². The fraction of sp³-hybridized carbons (Fsp3) is 0.429. The summed E-state index contributed by atoms with van der Waals surface area (Å²) in [6, 6.07) is 17.6. The molecule has 194 valence electrons. The normalized spacial score (nSPS) is 21.0. The number of phenols is 1. The molecule has 3 aromatic carbocycles. The number of hydrogen-bond acceptors (Lipinski definition) is 1. The third kappa shape index (κ3) is 6.12. The molecule has 0 heterocycles. The number of hydrogen-bond donors (Lipinski definition) is 1. The Hall–Kier alpha value is -2.80. The first-order valence-electron chi connectivity index (χ1n) is 13.6. The van der Waals surface area contributed by atoms with E-state index in [4.69, 9.17) is 0 Å². The molecule has 0 amide bonds. The summed E-state index contributed by atoms with van der Waals surface area (Å²) in [7, 11) is 0. The van der Waals surface area contributed by atoms with E-state index in [-0.39, 0.29) is 0 Å². The van der Waals surface area contributed by atoms with Crippen molar-refractivity contribution in [3.8, 4) is 5.75 Å². The van der Waals surface area contributed by atoms with Gasteiger partial charge in [0.05, 0.1) is 0 Å². The summed E-state index contributed by atoms with van der Waals surface area (Å²) >= 11 is 0. The van der Waals surface area contributed by atoms with Crippen molar-refractivity contribution in [1.82, 2.24) is 0 Å². The van der Waals surface area contributed by atoms with Gasteiger partial charge in [0.25, 0.3) is 0 Å². The van der Waals surface area contributed by atoms with Crippen molar-refractivity contribution in [2.75, 3.05) is 0 Å². The molecule has 4 atom stereocenters. The first-order valence-corrected chi connectivity index (χ1v) is 13.6. The zero-order valence-electron chi connectivity index (χ0n) is 24.2. The Morgan fingerprint density at radius 2 is 1.22 bits per heavy atom. The summed E-state index contributed by atoms with van der Waals surface area (Å²) in [4.78, 5) is 0. The van der Waals surface area contributed by atoms with Crippen LogP contribution in [0.25, 0.3) is 0 Å². The van der Waals surface area contributed by atoms with Gasteiger partial charge in [-0.1, -0.05) is 74.4 Å². The van der Waals surface area contributed by atoms with Gasteiger partial charge in [0.1, 0.15) is 5.75 Å². The molecule has 1 heteroatoms. The van der Waals surface area contributed by atoms with E-state index >= 15 is 0 Å². The Bertz CT molecular complexity index is 1120. The van der Waals surface area contributed by atoms with Crippen LogP contribution >= 0.6 is 0 Å². The van der Waals surface area contributed by atoms with Crippen LogP contribution in [0.3, 0.4) is 0 Å². The molecule has 0 aliphatic heterocycles. The lowest BCUT2D eigenvalue weighted by atomic mass is 9.53. The monoisotopic (exact) mass is 484 g/mol. The van der Waals surface area contributed by atoms with Crippen LogP contribution in [-0.4, -0.2) is 5.11 Å². The molecular weight excluding hydrogens is 436 g/mol. The van der Waals surface area contributed by atoms with Gasteiger partial charge in [-0.2, -0.15) is 0 Å². The summed E-state index contributed by atoms with van der Waals surface area (Å²) in [6.45, 7) is 25.2. The minimum atomic E-state index is 0.444. The Labute approximate surface area is 221 Å². The van der Waals surface area contributed by atoms with Gasteiger partial charge in [0.15, 0.2) is 0 Å². The fourth-order valence-electron chi connectivity index (χ4n) is 5.85. The van der Waals surface area contributed by atoms with Crippen molar-refractivity contribution in [3.63, 3.8) is 0 Å². The topological polar surface area (TPSA) is 20.2 Å². The molecule has 36 heavy (non-hydrogen) atoms. The number of phenolic OH excluding ortho intramolecular Hbond substituents is 1. The lowest BCUT2D eigenvalue weighted by molar-refractivity contribution is 0.114. The van der Waals surface area contributed by atoms with Crippen LogP contribution in [0, 0.1) is 53.4 Å². The molecule has 5 rings (SSSR count). The smallest absolute Gasteiger partial charge is 0.119 e. The molecule has 1 nitrogen and oxygen atoms in total. The van der Waals surface area contributed by atoms with E-state index in [1.807, 2.05) is 26.8 Å². The number of benzene rings is 3. The average molecular weight is 485 g/mol. The maximum absolute atomic E-state index is 10.4. The molecule has 0 aromatic heterocycles. The fourth-order valence-corrected chi connectivity index (χ4v) is 5.85. The van der Waals surface area contributed by atoms with E-state index in [0.29, 0.717) is 17.6 Å². The Kier molecular flexibility index (Phi) is 10.6. The summed E-state index contributed by atoms with van der Waals surface area (Å²) < 4.78 is 0. The minimum Gasteiger partial charge on any atom is -0.508 e. The summed E-state index contributed by atoms with van der Waals surface area (Å²) in [5.74, 6) is 3.09. The standard InChI is InChI=1S/C23H28O.C8H10.C2H6.C2H4/c1-12-9-20-16(5)18-6-7-19(18)23(21(20)10-13(12)2)17-8-14(3)15(4)22(24)11-17;1-7-4-3-5-8(2)6-7;2*1-2/h8-11,16,18-19,23-24H,6-7H2,1-5H3;3-6H,1-2H3;1-2H3;1-2H2/t16?,18?,19-,23-;;;/m0.../s1. The first kappa shape index (κ1) is 29.4. The molecule has 0 radical (unpaired) electrons. The lowest BCUT2D eigenvalue weighted by Crippen LogP contribution is -2.40. The van der Waals surface area contributed by atoms with E-state index in [1.165, 1.54) is 51.8 Å². The number of aromatic hydroxyl groups is 1. The third-order valence-electron chi connectivity index (χ3n) is 8.17. The highest BCUT2D eigenvalue weighted by Gasteiger charge is 2.46. The summed E-state index contributed by atoms with van der Waals surface area (Å²) in [6.07, 6.45) is 2.67. The first-order chi connectivity index (χ1) is 17.2. The van der Waals surface area contributed by atoms with Crippen LogP contribution < -0.4 is 0 Å². The van der Waals surface area contributed by atoms with Gasteiger partial charge in [0, 0.05) is 5.92 Å². The van der Waals surface area contributed by atoms with E-state index in [1.54, 1.807) is 5.56 Å². The van der Waals surface area contributed by atoms with Gasteiger partial charge in [-0.25, -0.2) is 0 Å². The molecule has 1 fully saturated rings. The van der Waals surface area contributed by atoms with Crippen molar-refractivity contribution in [3.05, 3.63) is 112 Å². The molecule has 0 bridgehead atoms. The highest BCUT2D eigenvalue weighted by Crippen LogP contribution is 2.58. The number of aryl methyl sites for hydroxylation is 5. The Morgan fingerprint density at radius 3 is 1.67 bits per heavy atom. The zero-order chi connectivity index (χ0) is 27.2. The van der Waals surface area contributed by atoms with E-state index in [2.05, 4.69) is 97.2 Å². The Morgan fingerprint density at radius 1 is 0.694 bits per heavy atom. The van der Waals surface area contributed by atoms with E-state index in [0.717, 1.165) is 17.4 Å². The summed E-state index contributed by atoms with van der Waals surface area (Å²) in [5, 5.41) is 10.4.